The number of anilines is 1. The maximum atomic E-state index is 12.0. The van der Waals surface area contributed by atoms with Crippen molar-refractivity contribution >= 4 is 40.1 Å². The smallest absolute Gasteiger partial charge is 0.276 e. The number of para-hydroxylation sites is 1. The van der Waals surface area contributed by atoms with E-state index in [2.05, 4.69) is 22.4 Å². The molecule has 2 heterocycles. The van der Waals surface area contributed by atoms with E-state index in [9.17, 15) is 9.59 Å². The number of amides is 2. The van der Waals surface area contributed by atoms with Crippen molar-refractivity contribution in [3.05, 3.63) is 29.8 Å². The van der Waals surface area contributed by atoms with E-state index in [4.69, 9.17) is 0 Å². The lowest BCUT2D eigenvalue weighted by Crippen LogP contribution is -2.30. The van der Waals surface area contributed by atoms with Gasteiger partial charge in [-0.25, -0.2) is 0 Å². The lowest BCUT2D eigenvalue weighted by molar-refractivity contribution is -0.124. The minimum Gasteiger partial charge on any atom is -0.320 e. The fraction of sp³-hybridized carbons (Fsp3) is 0.333. The number of thioether (sulfide) groups is 1. The SMILES string of the molecule is CCCCN1C(=O)CS/C1=N\N=C1\C(=O)Nc2ccccc21. The molecule has 2 aliphatic heterocycles. The zero-order valence-corrected chi connectivity index (χ0v) is 13.0. The van der Waals surface area contributed by atoms with Crippen LogP contribution in [0.1, 0.15) is 25.3 Å². The Morgan fingerprint density at radius 2 is 2.09 bits per heavy atom. The predicted molar refractivity (Wildman–Crippen MR) is 88.1 cm³/mol. The maximum absolute atomic E-state index is 12.0. The minimum atomic E-state index is -0.264. The normalized spacial score (nSPS) is 20.9. The maximum Gasteiger partial charge on any atom is 0.276 e. The second-order valence-electron chi connectivity index (χ2n) is 5.02. The highest BCUT2D eigenvalue weighted by Crippen LogP contribution is 2.24. The first-order chi connectivity index (χ1) is 10.7. The summed E-state index contributed by atoms with van der Waals surface area (Å²) >= 11 is 1.36. The first kappa shape index (κ1) is 14.8. The Bertz CT molecular complexity index is 684. The van der Waals surface area contributed by atoms with Gasteiger partial charge in [0, 0.05) is 12.1 Å². The Kier molecular flexibility index (Phi) is 4.24. The molecule has 7 heteroatoms. The van der Waals surface area contributed by atoms with Crippen LogP contribution in [0.4, 0.5) is 5.69 Å². The molecular weight excluding hydrogens is 300 g/mol. The van der Waals surface area contributed by atoms with Crippen LogP contribution in [-0.4, -0.2) is 39.9 Å². The number of hydrogen-bond donors (Lipinski definition) is 1. The number of carbonyl (C=O) groups excluding carboxylic acids is 2. The molecule has 1 aromatic rings. The number of nitrogens with zero attached hydrogens (tertiary/aromatic N) is 3. The molecule has 22 heavy (non-hydrogen) atoms. The summed E-state index contributed by atoms with van der Waals surface area (Å²) in [6, 6.07) is 7.35. The molecule has 2 aliphatic rings. The van der Waals surface area contributed by atoms with Gasteiger partial charge in [-0.3, -0.25) is 14.5 Å². The van der Waals surface area contributed by atoms with Gasteiger partial charge in [0.2, 0.25) is 5.91 Å². The van der Waals surface area contributed by atoms with Crippen LogP contribution in [-0.2, 0) is 9.59 Å². The molecule has 0 spiro atoms. The molecule has 3 rings (SSSR count). The first-order valence-electron chi connectivity index (χ1n) is 7.20. The third-order valence-corrected chi connectivity index (χ3v) is 4.42. The lowest BCUT2D eigenvalue weighted by Gasteiger charge is -2.13. The fourth-order valence-corrected chi connectivity index (χ4v) is 3.16. The van der Waals surface area contributed by atoms with Gasteiger partial charge in [-0.05, 0) is 12.5 Å². The summed E-state index contributed by atoms with van der Waals surface area (Å²) in [6.07, 6.45) is 1.93. The van der Waals surface area contributed by atoms with E-state index in [0.29, 0.717) is 23.2 Å². The average Bonchev–Trinajstić information content (AvgIpc) is 3.03. The number of rotatable bonds is 4. The second kappa shape index (κ2) is 6.31. The number of unbranched alkanes of at least 4 members (excludes halogenated alkanes) is 1. The standard InChI is InChI=1S/C15H16N4O2S/c1-2-3-8-19-12(20)9-22-15(19)18-17-13-10-6-4-5-7-11(10)16-14(13)21/h4-7H,2-3,8-9H2,1H3,(H,16,17,21)/b18-15-. The van der Waals surface area contributed by atoms with Crippen LogP contribution in [0.5, 0.6) is 0 Å². The molecule has 1 fully saturated rings. The number of amidine groups is 1. The summed E-state index contributed by atoms with van der Waals surface area (Å²) in [7, 11) is 0. The molecule has 1 aromatic carbocycles. The Labute approximate surface area is 132 Å². The summed E-state index contributed by atoms with van der Waals surface area (Å²) in [5.74, 6) is 0.171. The molecule has 2 amide bonds. The molecule has 0 bridgehead atoms. The van der Waals surface area contributed by atoms with Crippen LogP contribution >= 0.6 is 11.8 Å². The van der Waals surface area contributed by atoms with E-state index in [1.54, 1.807) is 4.90 Å². The summed E-state index contributed by atoms with van der Waals surface area (Å²) in [5, 5.41) is 11.6. The van der Waals surface area contributed by atoms with Crippen molar-refractivity contribution < 1.29 is 9.59 Å². The summed E-state index contributed by atoms with van der Waals surface area (Å²) < 4.78 is 0. The molecular formula is C15H16N4O2S. The molecule has 0 unspecified atom stereocenters. The van der Waals surface area contributed by atoms with Crippen molar-refractivity contribution in [3.63, 3.8) is 0 Å². The Balaban J connectivity index is 1.86. The van der Waals surface area contributed by atoms with Crippen LogP contribution in [0.2, 0.25) is 0 Å². The Hall–Kier alpha value is -2.15. The van der Waals surface area contributed by atoms with E-state index in [0.717, 1.165) is 24.1 Å². The van der Waals surface area contributed by atoms with Crippen molar-refractivity contribution in [2.45, 2.75) is 19.8 Å². The Morgan fingerprint density at radius 1 is 1.27 bits per heavy atom. The van der Waals surface area contributed by atoms with E-state index in [1.807, 2.05) is 24.3 Å². The largest absolute Gasteiger partial charge is 0.320 e. The number of fused-ring (bicyclic) bond motifs is 1. The van der Waals surface area contributed by atoms with Gasteiger partial charge >= 0.3 is 0 Å². The molecule has 0 aliphatic carbocycles. The molecule has 0 saturated carbocycles. The Morgan fingerprint density at radius 3 is 2.91 bits per heavy atom. The zero-order chi connectivity index (χ0) is 15.5. The fourth-order valence-electron chi connectivity index (χ4n) is 2.30. The monoisotopic (exact) mass is 316 g/mol. The molecule has 0 aromatic heterocycles. The van der Waals surface area contributed by atoms with Crippen molar-refractivity contribution in [2.24, 2.45) is 10.2 Å². The number of hydrogen-bond acceptors (Lipinski definition) is 5. The number of benzene rings is 1. The van der Waals surface area contributed by atoms with Crippen molar-refractivity contribution in [1.82, 2.24) is 4.90 Å². The van der Waals surface area contributed by atoms with Gasteiger partial charge in [0.05, 0.1) is 11.4 Å². The van der Waals surface area contributed by atoms with Gasteiger partial charge in [-0.2, -0.15) is 0 Å². The molecule has 0 atom stereocenters. The molecule has 6 nitrogen and oxygen atoms in total. The van der Waals surface area contributed by atoms with Crippen LogP contribution < -0.4 is 5.32 Å². The summed E-state index contributed by atoms with van der Waals surface area (Å²) in [6.45, 7) is 2.72. The van der Waals surface area contributed by atoms with Gasteiger partial charge in [0.15, 0.2) is 10.9 Å². The highest BCUT2D eigenvalue weighted by Gasteiger charge is 2.29. The van der Waals surface area contributed by atoms with Crippen LogP contribution in [0.25, 0.3) is 0 Å². The molecule has 1 saturated heterocycles. The highest BCUT2D eigenvalue weighted by atomic mass is 32.2. The van der Waals surface area contributed by atoms with E-state index in [1.165, 1.54) is 11.8 Å². The lowest BCUT2D eigenvalue weighted by atomic mass is 10.1. The first-order valence-corrected chi connectivity index (χ1v) is 8.19. The van der Waals surface area contributed by atoms with Crippen molar-refractivity contribution in [1.29, 1.82) is 0 Å². The second-order valence-corrected chi connectivity index (χ2v) is 5.96. The van der Waals surface area contributed by atoms with Crippen LogP contribution in [0, 0.1) is 0 Å². The number of carbonyl (C=O) groups is 2. The van der Waals surface area contributed by atoms with E-state index < -0.39 is 0 Å². The topological polar surface area (TPSA) is 74.1 Å². The molecule has 0 radical (unpaired) electrons. The van der Waals surface area contributed by atoms with Gasteiger partial charge in [-0.15, -0.1) is 10.2 Å². The zero-order valence-electron chi connectivity index (χ0n) is 12.2. The third-order valence-electron chi connectivity index (χ3n) is 3.47. The average molecular weight is 316 g/mol. The third kappa shape index (κ3) is 2.76. The van der Waals surface area contributed by atoms with Crippen LogP contribution in [0.15, 0.2) is 34.5 Å². The van der Waals surface area contributed by atoms with Crippen LogP contribution in [0.3, 0.4) is 0 Å². The van der Waals surface area contributed by atoms with Gasteiger partial charge in [0.1, 0.15) is 0 Å². The quantitative estimate of drug-likeness (QED) is 0.864. The van der Waals surface area contributed by atoms with Gasteiger partial charge in [-0.1, -0.05) is 43.3 Å². The van der Waals surface area contributed by atoms with Gasteiger partial charge < -0.3 is 5.32 Å². The number of nitrogens with one attached hydrogen (secondary N) is 1. The molecule has 114 valence electrons. The minimum absolute atomic E-state index is 0.0497. The summed E-state index contributed by atoms with van der Waals surface area (Å²) in [4.78, 5) is 25.5. The molecule has 1 N–H and O–H groups in total. The van der Waals surface area contributed by atoms with E-state index in [-0.39, 0.29) is 11.8 Å². The van der Waals surface area contributed by atoms with Crippen molar-refractivity contribution in [3.8, 4) is 0 Å². The predicted octanol–water partition coefficient (Wildman–Crippen LogP) is 2.07. The van der Waals surface area contributed by atoms with Gasteiger partial charge in [0.25, 0.3) is 5.91 Å². The summed E-state index contributed by atoms with van der Waals surface area (Å²) in [5.41, 5.74) is 1.77. The highest BCUT2D eigenvalue weighted by molar-refractivity contribution is 8.15. The van der Waals surface area contributed by atoms with E-state index >= 15 is 0 Å². The van der Waals surface area contributed by atoms with Crippen molar-refractivity contribution in [2.75, 3.05) is 17.6 Å².